The van der Waals surface area contributed by atoms with E-state index in [0.717, 1.165) is 6.26 Å². The van der Waals surface area contributed by atoms with Crippen molar-refractivity contribution in [3.05, 3.63) is 30.1 Å². The lowest BCUT2D eigenvalue weighted by molar-refractivity contribution is 0.602. The molecule has 0 unspecified atom stereocenters. The van der Waals surface area contributed by atoms with E-state index in [9.17, 15) is 12.8 Å². The normalized spacial score (nSPS) is 11.6. The van der Waals surface area contributed by atoms with E-state index in [-0.39, 0.29) is 16.5 Å². The molecule has 0 aliphatic carbocycles. The van der Waals surface area contributed by atoms with Crippen LogP contribution in [0.5, 0.6) is 0 Å². The zero-order valence-corrected chi connectivity index (χ0v) is 12.1. The van der Waals surface area contributed by atoms with Gasteiger partial charge in [0.2, 0.25) is 0 Å². The first-order chi connectivity index (χ1) is 9.21. The van der Waals surface area contributed by atoms with Gasteiger partial charge in [0.1, 0.15) is 11.6 Å². The third-order valence-electron chi connectivity index (χ3n) is 2.71. The van der Waals surface area contributed by atoms with Crippen LogP contribution in [0.2, 0.25) is 0 Å². The summed E-state index contributed by atoms with van der Waals surface area (Å²) in [5, 5.41) is 4.16. The maximum absolute atomic E-state index is 13.3. The molecule has 1 heterocycles. The Labute approximate surface area is 116 Å². The number of hydrogen-bond donors (Lipinski definition) is 1. The summed E-state index contributed by atoms with van der Waals surface area (Å²) in [5.74, 6) is -0.277. The lowest BCUT2D eigenvalue weighted by Crippen LogP contribution is -2.13. The van der Waals surface area contributed by atoms with Crippen LogP contribution in [0.3, 0.4) is 0 Å². The average Bonchev–Trinajstić information content (AvgIpc) is 2.66. The molecule has 0 fully saturated rings. The predicted molar refractivity (Wildman–Crippen MR) is 75.4 cm³/mol. The van der Waals surface area contributed by atoms with Crippen LogP contribution < -0.4 is 10.6 Å². The van der Waals surface area contributed by atoms with Gasteiger partial charge in [0.25, 0.3) is 0 Å². The maximum Gasteiger partial charge on any atom is 0.182 e. The number of nitrogen functional groups attached to an aromatic ring is 1. The molecule has 1 aromatic carbocycles. The van der Waals surface area contributed by atoms with E-state index in [1.165, 1.54) is 22.9 Å². The number of benzene rings is 1. The minimum Gasteiger partial charge on any atom is -0.382 e. The van der Waals surface area contributed by atoms with Crippen molar-refractivity contribution < 1.29 is 12.8 Å². The van der Waals surface area contributed by atoms with E-state index < -0.39 is 15.7 Å². The van der Waals surface area contributed by atoms with Gasteiger partial charge >= 0.3 is 0 Å². The molecule has 0 amide bonds. The summed E-state index contributed by atoms with van der Waals surface area (Å²) in [5.41, 5.74) is 6.24. The molecule has 0 saturated heterocycles. The van der Waals surface area contributed by atoms with E-state index in [1.807, 2.05) is 0 Å². The molecule has 2 aromatic rings. The second-order valence-electron chi connectivity index (χ2n) is 4.60. The number of halogens is 1. The van der Waals surface area contributed by atoms with Gasteiger partial charge in [0.05, 0.1) is 5.69 Å². The SMILES string of the molecule is CN(C)c1nn(-c2cccc(F)c2)c(N)c1S(C)(=O)=O. The van der Waals surface area contributed by atoms with Gasteiger partial charge in [-0.15, -0.1) is 5.10 Å². The highest BCUT2D eigenvalue weighted by molar-refractivity contribution is 7.91. The summed E-state index contributed by atoms with van der Waals surface area (Å²) in [6.07, 6.45) is 1.06. The first-order valence-corrected chi connectivity index (χ1v) is 7.62. The zero-order valence-electron chi connectivity index (χ0n) is 11.3. The lowest BCUT2D eigenvalue weighted by atomic mass is 10.3. The first-order valence-electron chi connectivity index (χ1n) is 5.73. The van der Waals surface area contributed by atoms with E-state index in [1.54, 1.807) is 25.1 Å². The van der Waals surface area contributed by atoms with Crippen molar-refractivity contribution in [2.24, 2.45) is 0 Å². The fraction of sp³-hybridized carbons (Fsp3) is 0.250. The van der Waals surface area contributed by atoms with E-state index in [0.29, 0.717) is 5.69 Å². The van der Waals surface area contributed by atoms with Crippen LogP contribution in [-0.2, 0) is 9.84 Å². The van der Waals surface area contributed by atoms with E-state index in [2.05, 4.69) is 5.10 Å². The fourth-order valence-corrected chi connectivity index (χ4v) is 2.88. The van der Waals surface area contributed by atoms with Crippen molar-refractivity contribution >= 4 is 21.5 Å². The molecule has 6 nitrogen and oxygen atoms in total. The second-order valence-corrected chi connectivity index (χ2v) is 6.55. The summed E-state index contributed by atoms with van der Waals surface area (Å²) in [6, 6.07) is 5.61. The molecule has 0 radical (unpaired) electrons. The maximum atomic E-state index is 13.3. The van der Waals surface area contributed by atoms with E-state index >= 15 is 0 Å². The summed E-state index contributed by atoms with van der Waals surface area (Å²) < 4.78 is 38.2. The number of sulfone groups is 1. The number of rotatable bonds is 3. The molecule has 1 aromatic heterocycles. The fourth-order valence-electron chi connectivity index (χ4n) is 1.86. The minimum atomic E-state index is -3.55. The van der Waals surface area contributed by atoms with Crippen molar-refractivity contribution in [3.8, 4) is 5.69 Å². The number of nitrogens with zero attached hydrogens (tertiary/aromatic N) is 3. The van der Waals surface area contributed by atoms with Gasteiger partial charge in [-0.2, -0.15) is 0 Å². The molecular weight excluding hydrogens is 283 g/mol. The van der Waals surface area contributed by atoms with Crippen LogP contribution in [0, 0.1) is 5.82 Å². The van der Waals surface area contributed by atoms with Gasteiger partial charge in [-0.25, -0.2) is 17.5 Å². The molecule has 2 rings (SSSR count). The van der Waals surface area contributed by atoms with Crippen molar-refractivity contribution in [3.63, 3.8) is 0 Å². The van der Waals surface area contributed by atoms with Crippen LogP contribution in [0.25, 0.3) is 5.69 Å². The Morgan fingerprint density at radius 1 is 1.35 bits per heavy atom. The number of anilines is 2. The monoisotopic (exact) mass is 298 g/mol. The predicted octanol–water partition coefficient (Wildman–Crippen LogP) is 1.06. The zero-order chi connectivity index (χ0) is 15.1. The van der Waals surface area contributed by atoms with Crippen molar-refractivity contribution in [2.75, 3.05) is 31.0 Å². The van der Waals surface area contributed by atoms with Gasteiger partial charge in [-0.1, -0.05) is 6.07 Å². The molecule has 8 heteroatoms. The molecule has 0 spiro atoms. The highest BCUT2D eigenvalue weighted by Crippen LogP contribution is 2.30. The molecule has 2 N–H and O–H groups in total. The summed E-state index contributed by atoms with van der Waals surface area (Å²) in [4.78, 5) is 1.48. The third-order valence-corrected chi connectivity index (χ3v) is 3.84. The molecular formula is C12H15FN4O2S. The number of hydrogen-bond acceptors (Lipinski definition) is 5. The Morgan fingerprint density at radius 3 is 2.45 bits per heavy atom. The van der Waals surface area contributed by atoms with Gasteiger partial charge in [-0.05, 0) is 18.2 Å². The van der Waals surface area contributed by atoms with Crippen molar-refractivity contribution in [1.82, 2.24) is 9.78 Å². The summed E-state index contributed by atoms with van der Waals surface area (Å²) in [7, 11) is -0.232. The van der Waals surface area contributed by atoms with Crippen LogP contribution in [0.1, 0.15) is 0 Å². The second kappa shape index (κ2) is 4.78. The smallest absolute Gasteiger partial charge is 0.182 e. The number of aromatic nitrogens is 2. The van der Waals surface area contributed by atoms with Crippen LogP contribution in [-0.4, -0.2) is 38.5 Å². The minimum absolute atomic E-state index is 0.0400. The first kappa shape index (κ1) is 14.3. The Hall–Kier alpha value is -2.09. The third kappa shape index (κ3) is 2.46. The Morgan fingerprint density at radius 2 is 2.00 bits per heavy atom. The number of nitrogens with two attached hydrogens (primary N) is 1. The quantitative estimate of drug-likeness (QED) is 0.916. The average molecular weight is 298 g/mol. The van der Waals surface area contributed by atoms with Crippen LogP contribution in [0.4, 0.5) is 16.0 Å². The van der Waals surface area contributed by atoms with Crippen LogP contribution in [0.15, 0.2) is 29.2 Å². The van der Waals surface area contributed by atoms with Gasteiger partial charge in [-0.3, -0.25) is 0 Å². The Bertz CT molecular complexity index is 753. The highest BCUT2D eigenvalue weighted by atomic mass is 32.2. The Balaban J connectivity index is 2.75. The highest BCUT2D eigenvalue weighted by Gasteiger charge is 2.26. The lowest BCUT2D eigenvalue weighted by Gasteiger charge is -2.09. The van der Waals surface area contributed by atoms with Gasteiger partial charge in [0, 0.05) is 20.4 Å². The van der Waals surface area contributed by atoms with Gasteiger partial charge in [0.15, 0.2) is 20.6 Å². The van der Waals surface area contributed by atoms with Gasteiger partial charge < -0.3 is 10.6 Å². The molecule has 0 saturated carbocycles. The Kier molecular flexibility index (Phi) is 3.43. The topological polar surface area (TPSA) is 81.2 Å². The van der Waals surface area contributed by atoms with Crippen LogP contribution >= 0.6 is 0 Å². The summed E-state index contributed by atoms with van der Waals surface area (Å²) >= 11 is 0. The molecule has 20 heavy (non-hydrogen) atoms. The standard InChI is InChI=1S/C12H15FN4O2S/c1-16(2)12-10(20(3,18)19)11(14)17(15-12)9-6-4-5-8(13)7-9/h4-7H,14H2,1-3H3. The molecule has 0 aliphatic rings. The van der Waals surface area contributed by atoms with Crippen molar-refractivity contribution in [1.29, 1.82) is 0 Å². The summed E-state index contributed by atoms with van der Waals surface area (Å²) in [6.45, 7) is 0. The molecule has 0 aliphatic heterocycles. The molecule has 108 valence electrons. The molecule has 0 atom stereocenters. The van der Waals surface area contributed by atoms with E-state index in [4.69, 9.17) is 5.73 Å². The van der Waals surface area contributed by atoms with Crippen molar-refractivity contribution in [2.45, 2.75) is 4.90 Å². The molecule has 0 bridgehead atoms. The largest absolute Gasteiger partial charge is 0.382 e.